The Balaban J connectivity index is 1.85. The maximum absolute atomic E-state index is 13.5. The topological polar surface area (TPSA) is 65.1 Å². The van der Waals surface area contributed by atoms with Crippen LogP contribution < -0.4 is 10.6 Å². The van der Waals surface area contributed by atoms with Gasteiger partial charge >= 0.3 is 0 Å². The van der Waals surface area contributed by atoms with E-state index in [1.54, 1.807) is 18.3 Å². The maximum atomic E-state index is 13.5. The zero-order valence-corrected chi connectivity index (χ0v) is 12.1. The van der Waals surface area contributed by atoms with Crippen LogP contribution in [0.3, 0.4) is 0 Å². The Bertz CT molecular complexity index is 565. The smallest absolute Gasteiger partial charge is 0.191 e. The predicted molar refractivity (Wildman–Crippen MR) is 81.5 cm³/mol. The summed E-state index contributed by atoms with van der Waals surface area (Å²) in [5.74, 6) is 0.544. The van der Waals surface area contributed by atoms with E-state index in [-0.39, 0.29) is 5.82 Å². The fourth-order valence-electron chi connectivity index (χ4n) is 1.90. The minimum absolute atomic E-state index is 0.168. The van der Waals surface area contributed by atoms with Gasteiger partial charge in [-0.2, -0.15) is 5.10 Å². The van der Waals surface area contributed by atoms with E-state index in [0.717, 1.165) is 12.2 Å². The molecule has 1 aromatic heterocycles. The van der Waals surface area contributed by atoms with Crippen molar-refractivity contribution in [3.05, 3.63) is 53.6 Å². The lowest BCUT2D eigenvalue weighted by molar-refractivity contribution is 0.606. The van der Waals surface area contributed by atoms with E-state index in [9.17, 15) is 4.39 Å². The fourth-order valence-corrected chi connectivity index (χ4v) is 1.90. The van der Waals surface area contributed by atoms with E-state index in [1.165, 1.54) is 6.07 Å². The Labute approximate surface area is 123 Å². The molecule has 0 bridgehead atoms. The molecule has 0 aliphatic rings. The summed E-state index contributed by atoms with van der Waals surface area (Å²) in [6.45, 7) is 3.92. The second-order valence-electron chi connectivity index (χ2n) is 4.55. The number of H-pyrrole nitrogens is 1. The molecule has 2 rings (SSSR count). The van der Waals surface area contributed by atoms with E-state index in [2.05, 4.69) is 25.8 Å². The Morgan fingerprint density at radius 1 is 1.29 bits per heavy atom. The minimum Gasteiger partial charge on any atom is -0.357 e. The molecule has 1 heterocycles. The Morgan fingerprint density at radius 2 is 2.14 bits per heavy atom. The molecule has 21 heavy (non-hydrogen) atoms. The Morgan fingerprint density at radius 3 is 2.86 bits per heavy atom. The third-order valence-electron chi connectivity index (χ3n) is 2.95. The molecular weight excluding hydrogens is 269 g/mol. The van der Waals surface area contributed by atoms with Gasteiger partial charge in [-0.25, -0.2) is 9.38 Å². The molecule has 0 amide bonds. The number of hydrogen-bond acceptors (Lipinski definition) is 2. The highest BCUT2D eigenvalue weighted by Crippen LogP contribution is 2.06. The number of aliphatic imine (C=N–C) groups is 1. The van der Waals surface area contributed by atoms with Crippen LogP contribution in [0.4, 0.5) is 4.39 Å². The first-order valence-electron chi connectivity index (χ1n) is 7.03. The normalized spacial score (nSPS) is 11.4. The summed E-state index contributed by atoms with van der Waals surface area (Å²) in [5.41, 5.74) is 1.65. The molecule has 0 radical (unpaired) electrons. The quantitative estimate of drug-likeness (QED) is 0.561. The summed E-state index contributed by atoms with van der Waals surface area (Å²) in [6, 6.07) is 8.70. The average Bonchev–Trinajstić information content (AvgIpc) is 3.00. The molecule has 0 unspecified atom stereocenters. The highest BCUT2D eigenvalue weighted by molar-refractivity contribution is 5.79. The van der Waals surface area contributed by atoms with Gasteiger partial charge in [0.05, 0.1) is 12.2 Å². The summed E-state index contributed by atoms with van der Waals surface area (Å²) in [6.07, 6.45) is 2.31. The Kier molecular flexibility index (Phi) is 5.75. The van der Waals surface area contributed by atoms with E-state index < -0.39 is 0 Å². The highest BCUT2D eigenvalue weighted by Gasteiger charge is 2.02. The summed E-state index contributed by atoms with van der Waals surface area (Å²) in [5, 5.41) is 13.1. The zero-order chi connectivity index (χ0) is 14.9. The monoisotopic (exact) mass is 289 g/mol. The van der Waals surface area contributed by atoms with Crippen LogP contribution in [0, 0.1) is 5.82 Å². The maximum Gasteiger partial charge on any atom is 0.191 e. The van der Waals surface area contributed by atoms with Crippen LogP contribution in [-0.4, -0.2) is 29.2 Å². The zero-order valence-electron chi connectivity index (χ0n) is 12.1. The highest BCUT2D eigenvalue weighted by atomic mass is 19.1. The molecule has 0 saturated heterocycles. The molecule has 0 saturated carbocycles. The van der Waals surface area contributed by atoms with Crippen LogP contribution in [-0.2, 0) is 13.0 Å². The molecule has 5 nitrogen and oxygen atoms in total. The van der Waals surface area contributed by atoms with Gasteiger partial charge in [-0.1, -0.05) is 18.2 Å². The van der Waals surface area contributed by atoms with Gasteiger partial charge in [0.1, 0.15) is 5.82 Å². The molecule has 6 heteroatoms. The van der Waals surface area contributed by atoms with Gasteiger partial charge in [0.15, 0.2) is 5.96 Å². The number of rotatable bonds is 6. The van der Waals surface area contributed by atoms with E-state index in [1.807, 2.05) is 19.1 Å². The Hall–Kier alpha value is -2.37. The van der Waals surface area contributed by atoms with Crippen molar-refractivity contribution in [1.29, 1.82) is 0 Å². The first-order chi connectivity index (χ1) is 10.3. The lowest BCUT2D eigenvalue weighted by atomic mass is 10.1. The molecular formula is C15H20FN5. The third kappa shape index (κ3) is 4.91. The van der Waals surface area contributed by atoms with Gasteiger partial charge in [0.2, 0.25) is 0 Å². The van der Waals surface area contributed by atoms with Crippen LogP contribution in [0.1, 0.15) is 18.2 Å². The number of hydrogen-bond donors (Lipinski definition) is 3. The van der Waals surface area contributed by atoms with Crippen LogP contribution in [0.25, 0.3) is 0 Å². The summed E-state index contributed by atoms with van der Waals surface area (Å²) >= 11 is 0. The van der Waals surface area contributed by atoms with Crippen molar-refractivity contribution < 1.29 is 4.39 Å². The standard InChI is InChI=1S/C15H20FN5/c1-2-17-15(19-11-13-8-10-20-21-13)18-9-7-12-5-3-4-6-14(12)16/h3-6,8,10H,2,7,9,11H2,1H3,(H,20,21)(H2,17,18,19). The SMILES string of the molecule is CCNC(=NCc1ccn[nH]1)NCCc1ccccc1F. The van der Waals surface area contributed by atoms with Crippen LogP contribution in [0.15, 0.2) is 41.5 Å². The molecule has 0 aliphatic heterocycles. The van der Waals surface area contributed by atoms with E-state index >= 15 is 0 Å². The van der Waals surface area contributed by atoms with Crippen molar-refractivity contribution in [2.24, 2.45) is 4.99 Å². The molecule has 2 aromatic rings. The number of aromatic amines is 1. The number of aromatic nitrogens is 2. The van der Waals surface area contributed by atoms with E-state index in [4.69, 9.17) is 0 Å². The molecule has 1 aromatic carbocycles. The number of benzene rings is 1. The van der Waals surface area contributed by atoms with Gasteiger partial charge in [-0.05, 0) is 31.0 Å². The second-order valence-corrected chi connectivity index (χ2v) is 4.55. The van der Waals surface area contributed by atoms with Crippen molar-refractivity contribution in [2.75, 3.05) is 13.1 Å². The first-order valence-corrected chi connectivity index (χ1v) is 7.03. The van der Waals surface area contributed by atoms with Crippen molar-refractivity contribution >= 4 is 5.96 Å². The van der Waals surface area contributed by atoms with E-state index in [0.29, 0.717) is 31.0 Å². The summed E-state index contributed by atoms with van der Waals surface area (Å²) < 4.78 is 13.5. The molecule has 0 aliphatic carbocycles. The van der Waals surface area contributed by atoms with Crippen LogP contribution in [0.2, 0.25) is 0 Å². The largest absolute Gasteiger partial charge is 0.357 e. The lowest BCUT2D eigenvalue weighted by Crippen LogP contribution is -2.38. The third-order valence-corrected chi connectivity index (χ3v) is 2.95. The molecule has 0 spiro atoms. The number of guanidine groups is 1. The van der Waals surface area contributed by atoms with Crippen molar-refractivity contribution in [3.63, 3.8) is 0 Å². The predicted octanol–water partition coefficient (Wildman–Crippen LogP) is 1.85. The van der Waals surface area contributed by atoms with Gasteiger partial charge in [-0.15, -0.1) is 0 Å². The van der Waals surface area contributed by atoms with Gasteiger partial charge in [0.25, 0.3) is 0 Å². The van der Waals surface area contributed by atoms with Crippen molar-refractivity contribution in [3.8, 4) is 0 Å². The molecule has 0 atom stereocenters. The van der Waals surface area contributed by atoms with Crippen molar-refractivity contribution in [2.45, 2.75) is 19.9 Å². The second kappa shape index (κ2) is 8.04. The van der Waals surface area contributed by atoms with Gasteiger partial charge in [0, 0.05) is 19.3 Å². The average molecular weight is 289 g/mol. The minimum atomic E-state index is -0.168. The fraction of sp³-hybridized carbons (Fsp3) is 0.333. The molecule has 112 valence electrons. The molecule has 3 N–H and O–H groups in total. The summed E-state index contributed by atoms with van der Waals surface area (Å²) in [4.78, 5) is 4.44. The lowest BCUT2D eigenvalue weighted by Gasteiger charge is -2.11. The van der Waals surface area contributed by atoms with Gasteiger partial charge < -0.3 is 10.6 Å². The number of halogens is 1. The van der Waals surface area contributed by atoms with Crippen LogP contribution >= 0.6 is 0 Å². The molecule has 0 fully saturated rings. The van der Waals surface area contributed by atoms with Crippen LogP contribution in [0.5, 0.6) is 0 Å². The van der Waals surface area contributed by atoms with Crippen molar-refractivity contribution in [1.82, 2.24) is 20.8 Å². The van der Waals surface area contributed by atoms with Gasteiger partial charge in [-0.3, -0.25) is 5.10 Å². The number of nitrogens with one attached hydrogen (secondary N) is 3. The first kappa shape index (κ1) is 15.0. The summed E-state index contributed by atoms with van der Waals surface area (Å²) in [7, 11) is 0. The number of nitrogens with zero attached hydrogens (tertiary/aromatic N) is 2.